The fraction of sp³-hybridized carbons (Fsp3) is 0.571. The molecule has 0 aliphatic carbocycles. The minimum atomic E-state index is -0.625. The van der Waals surface area contributed by atoms with Crippen molar-refractivity contribution in [1.29, 1.82) is 0 Å². The Labute approximate surface area is 119 Å². The van der Waals surface area contributed by atoms with E-state index in [0.29, 0.717) is 6.54 Å². The van der Waals surface area contributed by atoms with Gasteiger partial charge in [0.1, 0.15) is 11.9 Å². The quantitative estimate of drug-likeness (QED) is 0.781. The minimum Gasteiger partial charge on any atom is -0.383 e. The van der Waals surface area contributed by atoms with E-state index >= 15 is 0 Å². The highest BCUT2D eigenvalue weighted by molar-refractivity contribution is 5.81. The standard InChI is InChI=1S/C14H22N4O2/c1-20-10-12(15)14(19)17-9-11-4-5-16-13(8-11)18-6-2-3-7-18/h4-5,8,12H,2-3,6-7,9-10,15H2,1H3,(H,17,19). The summed E-state index contributed by atoms with van der Waals surface area (Å²) in [5.74, 6) is 0.779. The van der Waals surface area contributed by atoms with E-state index in [0.717, 1.165) is 24.5 Å². The molecule has 1 aromatic heterocycles. The predicted octanol–water partition coefficient (Wildman–Crippen LogP) is 0.272. The van der Waals surface area contributed by atoms with Crippen molar-refractivity contribution in [2.75, 3.05) is 31.7 Å². The lowest BCUT2D eigenvalue weighted by atomic mass is 10.2. The van der Waals surface area contributed by atoms with Crippen molar-refractivity contribution in [2.45, 2.75) is 25.4 Å². The summed E-state index contributed by atoms with van der Waals surface area (Å²) in [6.45, 7) is 2.80. The number of rotatable bonds is 6. The average molecular weight is 278 g/mol. The number of carbonyl (C=O) groups excluding carboxylic acids is 1. The van der Waals surface area contributed by atoms with E-state index in [1.54, 1.807) is 6.20 Å². The number of methoxy groups -OCH3 is 1. The Hall–Kier alpha value is -1.66. The smallest absolute Gasteiger partial charge is 0.239 e. The van der Waals surface area contributed by atoms with E-state index in [9.17, 15) is 4.79 Å². The van der Waals surface area contributed by atoms with E-state index < -0.39 is 6.04 Å². The van der Waals surface area contributed by atoms with Gasteiger partial charge in [-0.25, -0.2) is 4.98 Å². The van der Waals surface area contributed by atoms with Gasteiger partial charge in [-0.05, 0) is 30.5 Å². The van der Waals surface area contributed by atoms with Crippen molar-refractivity contribution in [3.8, 4) is 0 Å². The maximum absolute atomic E-state index is 11.7. The van der Waals surface area contributed by atoms with Crippen LogP contribution in [0.5, 0.6) is 0 Å². The Morgan fingerprint density at radius 2 is 2.30 bits per heavy atom. The van der Waals surface area contributed by atoms with E-state index in [2.05, 4.69) is 15.2 Å². The number of nitrogens with two attached hydrogens (primary N) is 1. The molecule has 1 atom stereocenters. The number of nitrogens with one attached hydrogen (secondary N) is 1. The first kappa shape index (κ1) is 14.7. The Bertz CT molecular complexity index is 447. The first-order valence-corrected chi connectivity index (χ1v) is 6.93. The molecule has 110 valence electrons. The third kappa shape index (κ3) is 3.91. The Kier molecular flexibility index (Phi) is 5.31. The zero-order valence-corrected chi connectivity index (χ0v) is 11.8. The van der Waals surface area contributed by atoms with Crippen LogP contribution in [-0.4, -0.2) is 43.7 Å². The molecule has 20 heavy (non-hydrogen) atoms. The number of nitrogens with zero attached hydrogens (tertiary/aromatic N) is 2. The van der Waals surface area contributed by atoms with Crippen LogP contribution in [-0.2, 0) is 16.1 Å². The number of amides is 1. The third-order valence-electron chi connectivity index (χ3n) is 3.39. The molecule has 1 amide bonds. The number of aromatic nitrogens is 1. The summed E-state index contributed by atoms with van der Waals surface area (Å²) >= 11 is 0. The van der Waals surface area contributed by atoms with Crippen molar-refractivity contribution in [3.63, 3.8) is 0 Å². The monoisotopic (exact) mass is 278 g/mol. The molecule has 0 aromatic carbocycles. The van der Waals surface area contributed by atoms with Crippen molar-refractivity contribution in [3.05, 3.63) is 23.9 Å². The predicted molar refractivity (Wildman–Crippen MR) is 77.4 cm³/mol. The summed E-state index contributed by atoms with van der Waals surface area (Å²) in [6, 6.07) is 3.30. The number of hydrogen-bond acceptors (Lipinski definition) is 5. The molecular formula is C14H22N4O2. The van der Waals surface area contributed by atoms with Gasteiger partial charge in [-0.3, -0.25) is 4.79 Å². The van der Waals surface area contributed by atoms with Crippen molar-refractivity contribution in [2.24, 2.45) is 5.73 Å². The molecule has 3 N–H and O–H groups in total. The maximum atomic E-state index is 11.7. The fourth-order valence-corrected chi connectivity index (χ4v) is 2.27. The van der Waals surface area contributed by atoms with Crippen molar-refractivity contribution >= 4 is 11.7 Å². The summed E-state index contributed by atoms with van der Waals surface area (Å²) in [5.41, 5.74) is 6.69. The zero-order valence-electron chi connectivity index (χ0n) is 11.8. The van der Waals surface area contributed by atoms with Crippen LogP contribution in [0.1, 0.15) is 18.4 Å². The first-order chi connectivity index (χ1) is 9.70. The van der Waals surface area contributed by atoms with Crippen LogP contribution in [0.15, 0.2) is 18.3 Å². The van der Waals surface area contributed by atoms with Crippen LogP contribution < -0.4 is 16.0 Å². The molecule has 1 aliphatic rings. The highest BCUT2D eigenvalue weighted by Crippen LogP contribution is 2.18. The van der Waals surface area contributed by atoms with E-state index in [1.165, 1.54) is 20.0 Å². The largest absolute Gasteiger partial charge is 0.383 e. The molecule has 1 saturated heterocycles. The van der Waals surface area contributed by atoms with Gasteiger partial charge in [-0.15, -0.1) is 0 Å². The summed E-state index contributed by atoms with van der Waals surface area (Å²) in [4.78, 5) is 18.4. The second-order valence-electron chi connectivity index (χ2n) is 5.00. The van der Waals surface area contributed by atoms with Crippen molar-refractivity contribution < 1.29 is 9.53 Å². The lowest BCUT2D eigenvalue weighted by molar-refractivity contribution is -0.123. The highest BCUT2D eigenvalue weighted by Gasteiger charge is 2.15. The third-order valence-corrected chi connectivity index (χ3v) is 3.39. The van der Waals surface area contributed by atoms with E-state index in [1.807, 2.05) is 12.1 Å². The molecule has 2 rings (SSSR count). The molecule has 6 nitrogen and oxygen atoms in total. The van der Waals surface area contributed by atoms with Gasteiger partial charge in [0, 0.05) is 32.9 Å². The lowest BCUT2D eigenvalue weighted by Crippen LogP contribution is -2.43. The number of pyridine rings is 1. The van der Waals surface area contributed by atoms with Crippen molar-refractivity contribution in [1.82, 2.24) is 10.3 Å². The summed E-state index contributed by atoms with van der Waals surface area (Å²) in [7, 11) is 1.53. The number of ether oxygens (including phenoxy) is 1. The Morgan fingerprint density at radius 3 is 3.00 bits per heavy atom. The topological polar surface area (TPSA) is 80.5 Å². The molecule has 1 unspecified atom stereocenters. The van der Waals surface area contributed by atoms with Crippen LogP contribution in [0.4, 0.5) is 5.82 Å². The van der Waals surface area contributed by atoms with Gasteiger partial charge in [0.15, 0.2) is 0 Å². The molecule has 2 heterocycles. The van der Waals surface area contributed by atoms with Crippen LogP contribution >= 0.6 is 0 Å². The molecule has 6 heteroatoms. The molecular weight excluding hydrogens is 256 g/mol. The lowest BCUT2D eigenvalue weighted by Gasteiger charge is -2.17. The van der Waals surface area contributed by atoms with Gasteiger partial charge in [-0.2, -0.15) is 0 Å². The molecule has 0 bridgehead atoms. The second-order valence-corrected chi connectivity index (χ2v) is 5.00. The first-order valence-electron chi connectivity index (χ1n) is 6.93. The van der Waals surface area contributed by atoms with Gasteiger partial charge in [0.25, 0.3) is 0 Å². The van der Waals surface area contributed by atoms with Gasteiger partial charge in [-0.1, -0.05) is 0 Å². The Morgan fingerprint density at radius 1 is 1.55 bits per heavy atom. The van der Waals surface area contributed by atoms with Gasteiger partial charge < -0.3 is 20.7 Å². The molecule has 1 aromatic rings. The molecule has 0 spiro atoms. The van der Waals surface area contributed by atoms with E-state index in [-0.39, 0.29) is 12.5 Å². The van der Waals surface area contributed by atoms with Gasteiger partial charge >= 0.3 is 0 Å². The second kappa shape index (κ2) is 7.21. The van der Waals surface area contributed by atoms with Crippen LogP contribution in [0.2, 0.25) is 0 Å². The highest BCUT2D eigenvalue weighted by atomic mass is 16.5. The Balaban J connectivity index is 1.89. The zero-order chi connectivity index (χ0) is 14.4. The number of anilines is 1. The fourth-order valence-electron chi connectivity index (χ4n) is 2.27. The summed E-state index contributed by atoms with van der Waals surface area (Å²) in [6.07, 6.45) is 4.22. The molecule has 1 fully saturated rings. The number of hydrogen-bond donors (Lipinski definition) is 2. The summed E-state index contributed by atoms with van der Waals surface area (Å²) < 4.78 is 4.86. The molecule has 0 saturated carbocycles. The SMILES string of the molecule is COCC(N)C(=O)NCc1ccnc(N2CCCC2)c1. The van der Waals surface area contributed by atoms with Gasteiger partial charge in [0.2, 0.25) is 5.91 Å². The normalized spacial score (nSPS) is 16.2. The van der Waals surface area contributed by atoms with Crippen LogP contribution in [0.3, 0.4) is 0 Å². The van der Waals surface area contributed by atoms with Crippen LogP contribution in [0, 0.1) is 0 Å². The molecule has 1 aliphatic heterocycles. The molecule has 0 radical (unpaired) electrons. The van der Waals surface area contributed by atoms with Crippen LogP contribution in [0.25, 0.3) is 0 Å². The number of carbonyl (C=O) groups is 1. The average Bonchev–Trinajstić information content (AvgIpc) is 2.99. The van der Waals surface area contributed by atoms with E-state index in [4.69, 9.17) is 10.5 Å². The maximum Gasteiger partial charge on any atom is 0.239 e. The summed E-state index contributed by atoms with van der Waals surface area (Å²) in [5, 5.41) is 2.81. The van der Waals surface area contributed by atoms with Gasteiger partial charge in [0.05, 0.1) is 6.61 Å². The minimum absolute atomic E-state index is 0.202.